The van der Waals surface area contributed by atoms with E-state index in [0.29, 0.717) is 21.6 Å². The molecular weight excluding hydrogens is 346 g/mol. The van der Waals surface area contributed by atoms with Gasteiger partial charge in [0.25, 0.3) is 5.56 Å². The second-order valence-electron chi connectivity index (χ2n) is 6.05. The summed E-state index contributed by atoms with van der Waals surface area (Å²) in [4.78, 5) is 29.2. The molecule has 1 aromatic carbocycles. The Hall–Kier alpha value is -1.79. The zero-order chi connectivity index (χ0) is 17.3. The first-order valence-corrected chi connectivity index (χ1v) is 9.12. The number of thioether (sulfide) groups is 1. The molecule has 24 heavy (non-hydrogen) atoms. The number of carbonyl (C=O) groups excluding carboxylic acids is 1. The van der Waals surface area contributed by atoms with Crippen molar-refractivity contribution in [2.45, 2.75) is 37.4 Å². The minimum atomic E-state index is -0.176. The molecule has 1 amide bonds. The van der Waals surface area contributed by atoms with Crippen LogP contribution in [-0.2, 0) is 4.79 Å². The van der Waals surface area contributed by atoms with Crippen molar-refractivity contribution in [1.29, 1.82) is 0 Å². The lowest BCUT2D eigenvalue weighted by molar-refractivity contribution is -0.116. The second-order valence-corrected chi connectivity index (χ2v) is 7.48. The van der Waals surface area contributed by atoms with E-state index in [-0.39, 0.29) is 29.8 Å². The fourth-order valence-electron chi connectivity index (χ4n) is 2.61. The highest BCUT2D eigenvalue weighted by atomic mass is 35.5. The molecule has 1 aliphatic heterocycles. The molecule has 3 rings (SSSR count). The molecule has 1 aromatic heterocycles. The van der Waals surface area contributed by atoms with Crippen molar-refractivity contribution in [3.05, 3.63) is 51.4 Å². The maximum absolute atomic E-state index is 12.4. The molecule has 1 unspecified atom stereocenters. The number of nitrogens with one attached hydrogen (secondary N) is 1. The Morgan fingerprint density at radius 1 is 1.46 bits per heavy atom. The number of hydrogen-bond donors (Lipinski definition) is 1. The summed E-state index contributed by atoms with van der Waals surface area (Å²) in [6.07, 6.45) is 0.231. The van der Waals surface area contributed by atoms with Crippen LogP contribution in [0.25, 0.3) is 0 Å². The molecule has 0 fully saturated rings. The third-order valence-corrected chi connectivity index (χ3v) is 5.16. The molecular formula is C17H18ClN3O2S. The molecule has 0 radical (unpaired) electrons. The number of halogens is 1. The number of benzene rings is 1. The molecule has 5 nitrogen and oxygen atoms in total. The molecule has 0 bridgehead atoms. The van der Waals surface area contributed by atoms with E-state index < -0.39 is 0 Å². The smallest absolute Gasteiger partial charge is 0.254 e. The van der Waals surface area contributed by atoms with Gasteiger partial charge in [0.1, 0.15) is 0 Å². The highest BCUT2D eigenvalue weighted by Crippen LogP contribution is 2.33. The average molecular weight is 364 g/mol. The monoisotopic (exact) mass is 363 g/mol. The van der Waals surface area contributed by atoms with Crippen LogP contribution >= 0.6 is 23.4 Å². The number of rotatable bonds is 4. The van der Waals surface area contributed by atoms with E-state index in [1.165, 1.54) is 11.8 Å². The van der Waals surface area contributed by atoms with Crippen LogP contribution in [-0.4, -0.2) is 21.2 Å². The Morgan fingerprint density at radius 3 is 2.96 bits per heavy atom. The molecule has 2 heterocycles. The van der Waals surface area contributed by atoms with Gasteiger partial charge in [0, 0.05) is 29.0 Å². The van der Waals surface area contributed by atoms with Gasteiger partial charge in [-0.05, 0) is 24.1 Å². The third kappa shape index (κ3) is 3.65. The summed E-state index contributed by atoms with van der Waals surface area (Å²) < 4.78 is 1.63. The molecule has 1 aliphatic rings. The van der Waals surface area contributed by atoms with Crippen LogP contribution in [0.5, 0.6) is 0 Å². The molecule has 126 valence electrons. The Labute approximate surface area is 149 Å². The highest BCUT2D eigenvalue weighted by molar-refractivity contribution is 7.99. The topological polar surface area (TPSA) is 64.0 Å². The summed E-state index contributed by atoms with van der Waals surface area (Å²) in [5.41, 5.74) is 1.36. The highest BCUT2D eigenvalue weighted by Gasteiger charge is 2.28. The van der Waals surface area contributed by atoms with E-state index in [0.717, 1.165) is 5.69 Å². The zero-order valence-corrected chi connectivity index (χ0v) is 15.0. The molecule has 0 aliphatic carbocycles. The van der Waals surface area contributed by atoms with E-state index in [1.54, 1.807) is 34.9 Å². The summed E-state index contributed by atoms with van der Waals surface area (Å²) in [5, 5.41) is 4.09. The van der Waals surface area contributed by atoms with Gasteiger partial charge in [0.2, 0.25) is 5.91 Å². The number of amides is 1. The van der Waals surface area contributed by atoms with Crippen molar-refractivity contribution in [1.82, 2.24) is 9.55 Å². The minimum Gasteiger partial charge on any atom is -0.326 e. The number of carbonyl (C=O) groups is 1. The van der Waals surface area contributed by atoms with Gasteiger partial charge >= 0.3 is 0 Å². The SMILES string of the molecule is CC(C)c1cc(=O)n2c(n1)SCC2CC(=O)Nc1cccc(Cl)c1. The van der Waals surface area contributed by atoms with Crippen molar-refractivity contribution >= 4 is 35.0 Å². The fourth-order valence-corrected chi connectivity index (χ4v) is 3.96. The first-order valence-electron chi connectivity index (χ1n) is 7.75. The Balaban J connectivity index is 1.75. The van der Waals surface area contributed by atoms with Crippen LogP contribution in [0, 0.1) is 0 Å². The van der Waals surface area contributed by atoms with Gasteiger partial charge in [-0.1, -0.05) is 43.3 Å². The molecule has 0 saturated carbocycles. The number of anilines is 1. The molecule has 7 heteroatoms. The van der Waals surface area contributed by atoms with E-state index in [9.17, 15) is 9.59 Å². The average Bonchev–Trinajstić information content (AvgIpc) is 2.90. The summed E-state index contributed by atoms with van der Waals surface area (Å²) in [7, 11) is 0. The first kappa shape index (κ1) is 17.0. The Bertz CT molecular complexity index is 835. The van der Waals surface area contributed by atoms with Crippen LogP contribution in [0.3, 0.4) is 0 Å². The molecule has 0 saturated heterocycles. The summed E-state index contributed by atoms with van der Waals surface area (Å²) in [6.45, 7) is 4.02. The van der Waals surface area contributed by atoms with Crippen molar-refractivity contribution in [3.63, 3.8) is 0 Å². The van der Waals surface area contributed by atoms with Gasteiger partial charge in [0.05, 0.1) is 11.7 Å². The van der Waals surface area contributed by atoms with E-state index in [1.807, 2.05) is 13.8 Å². The summed E-state index contributed by atoms with van der Waals surface area (Å²) >= 11 is 7.44. The van der Waals surface area contributed by atoms with Gasteiger partial charge in [0.15, 0.2) is 5.16 Å². The lowest BCUT2D eigenvalue weighted by Gasteiger charge is -2.14. The summed E-state index contributed by atoms with van der Waals surface area (Å²) in [5.74, 6) is 0.733. The minimum absolute atomic E-state index is 0.0887. The normalized spacial score (nSPS) is 16.2. The first-order chi connectivity index (χ1) is 11.4. The largest absolute Gasteiger partial charge is 0.326 e. The van der Waals surface area contributed by atoms with Gasteiger partial charge < -0.3 is 5.32 Å². The van der Waals surface area contributed by atoms with Crippen molar-refractivity contribution in [2.75, 3.05) is 11.1 Å². The van der Waals surface area contributed by atoms with Crippen LogP contribution < -0.4 is 10.9 Å². The van der Waals surface area contributed by atoms with Crippen LogP contribution in [0.2, 0.25) is 5.02 Å². The molecule has 1 atom stereocenters. The predicted octanol–water partition coefficient (Wildman–Crippen LogP) is 3.70. The van der Waals surface area contributed by atoms with Crippen LogP contribution in [0.4, 0.5) is 5.69 Å². The predicted molar refractivity (Wildman–Crippen MR) is 97.0 cm³/mol. The third-order valence-electron chi connectivity index (χ3n) is 3.83. The maximum atomic E-state index is 12.4. The fraction of sp³-hybridized carbons (Fsp3) is 0.353. The maximum Gasteiger partial charge on any atom is 0.254 e. The molecule has 0 spiro atoms. The quantitative estimate of drug-likeness (QED) is 0.841. The Morgan fingerprint density at radius 2 is 2.25 bits per heavy atom. The van der Waals surface area contributed by atoms with Crippen LogP contribution in [0.15, 0.2) is 40.3 Å². The number of aromatic nitrogens is 2. The number of fused-ring (bicyclic) bond motifs is 1. The van der Waals surface area contributed by atoms with Gasteiger partial charge in [-0.15, -0.1) is 0 Å². The van der Waals surface area contributed by atoms with Gasteiger partial charge in [-0.25, -0.2) is 4.98 Å². The van der Waals surface area contributed by atoms with Gasteiger partial charge in [-0.3, -0.25) is 14.2 Å². The van der Waals surface area contributed by atoms with Crippen molar-refractivity contribution in [3.8, 4) is 0 Å². The van der Waals surface area contributed by atoms with Crippen molar-refractivity contribution < 1.29 is 4.79 Å². The lowest BCUT2D eigenvalue weighted by Crippen LogP contribution is -2.28. The zero-order valence-electron chi connectivity index (χ0n) is 13.5. The molecule has 2 aromatic rings. The number of hydrogen-bond acceptors (Lipinski definition) is 4. The van der Waals surface area contributed by atoms with Gasteiger partial charge in [-0.2, -0.15) is 0 Å². The van der Waals surface area contributed by atoms with Crippen molar-refractivity contribution in [2.24, 2.45) is 0 Å². The summed E-state index contributed by atoms with van der Waals surface area (Å²) in [6, 6.07) is 8.40. The lowest BCUT2D eigenvalue weighted by atomic mass is 10.1. The van der Waals surface area contributed by atoms with E-state index in [4.69, 9.17) is 11.6 Å². The number of nitrogens with zero attached hydrogens (tertiary/aromatic N) is 2. The second kappa shape index (κ2) is 6.99. The standard InChI is InChI=1S/C17H18ClN3O2S/c1-10(2)14-8-16(23)21-13(9-24-17(21)20-14)7-15(22)19-12-5-3-4-11(18)6-12/h3-6,8,10,13H,7,9H2,1-2H3,(H,19,22). The van der Waals surface area contributed by atoms with Crippen LogP contribution in [0.1, 0.15) is 37.9 Å². The van der Waals surface area contributed by atoms with E-state index in [2.05, 4.69) is 10.3 Å². The molecule has 1 N–H and O–H groups in total. The van der Waals surface area contributed by atoms with E-state index >= 15 is 0 Å². The Kier molecular flexibility index (Phi) is 4.96.